The average Bonchev–Trinajstić information content (AvgIpc) is 2.42. The monoisotopic (exact) mass is 305 g/mol. The molecule has 0 saturated carbocycles. The van der Waals surface area contributed by atoms with E-state index >= 15 is 0 Å². The van der Waals surface area contributed by atoms with Crippen LogP contribution in [0.4, 0.5) is 0 Å². The molecule has 0 aromatic heterocycles. The van der Waals surface area contributed by atoms with Gasteiger partial charge in [-0.15, -0.1) is 0 Å². The summed E-state index contributed by atoms with van der Waals surface area (Å²) in [7, 11) is -3.41. The largest absolute Gasteiger partial charge is 0.355 e. The Bertz CT molecular complexity index is 463. The summed E-state index contributed by atoms with van der Waals surface area (Å²) in [5.41, 5.74) is 5.32. The minimum absolute atomic E-state index is 0.125. The van der Waals surface area contributed by atoms with Gasteiger partial charge in [-0.25, -0.2) is 8.42 Å². The SMILES string of the molecule is CC(C(=O)N1CCCC(C(=O)NCCN)C1)S(C)(=O)=O. The number of nitrogens with zero attached hydrogens (tertiary/aromatic N) is 1. The lowest BCUT2D eigenvalue weighted by atomic mass is 9.97. The van der Waals surface area contributed by atoms with Crippen molar-refractivity contribution in [3.05, 3.63) is 0 Å². The van der Waals surface area contributed by atoms with Crippen molar-refractivity contribution in [1.29, 1.82) is 0 Å². The van der Waals surface area contributed by atoms with E-state index in [0.717, 1.165) is 6.26 Å². The molecule has 2 unspecified atom stereocenters. The highest BCUT2D eigenvalue weighted by Crippen LogP contribution is 2.18. The molecule has 2 atom stereocenters. The Balaban J connectivity index is 2.65. The predicted molar refractivity (Wildman–Crippen MR) is 75.7 cm³/mol. The molecule has 1 rings (SSSR count). The fourth-order valence-electron chi connectivity index (χ4n) is 2.17. The number of rotatable bonds is 5. The molecule has 0 radical (unpaired) electrons. The van der Waals surface area contributed by atoms with Gasteiger partial charge in [0.25, 0.3) is 0 Å². The Kier molecular flexibility index (Phi) is 5.94. The Labute approximate surface area is 119 Å². The number of hydrogen-bond donors (Lipinski definition) is 2. The number of nitrogens with one attached hydrogen (secondary N) is 1. The number of likely N-dealkylation sites (tertiary alicyclic amines) is 1. The van der Waals surface area contributed by atoms with Crippen molar-refractivity contribution in [2.75, 3.05) is 32.4 Å². The summed E-state index contributed by atoms with van der Waals surface area (Å²) in [6.45, 7) is 2.93. The van der Waals surface area contributed by atoms with Gasteiger partial charge in [-0.1, -0.05) is 0 Å². The van der Waals surface area contributed by atoms with E-state index in [4.69, 9.17) is 5.73 Å². The zero-order chi connectivity index (χ0) is 15.3. The highest BCUT2D eigenvalue weighted by molar-refractivity contribution is 7.92. The first kappa shape index (κ1) is 16.9. The molecule has 1 fully saturated rings. The number of nitrogens with two attached hydrogens (primary N) is 1. The number of amides is 2. The molecule has 0 aromatic rings. The standard InChI is InChI=1S/C12H23N3O4S/c1-9(20(2,18)19)12(17)15-7-3-4-10(8-15)11(16)14-6-5-13/h9-10H,3-8,13H2,1-2H3,(H,14,16). The maximum absolute atomic E-state index is 12.1. The van der Waals surface area contributed by atoms with Crippen molar-refractivity contribution in [2.24, 2.45) is 11.7 Å². The molecular formula is C12H23N3O4S. The topological polar surface area (TPSA) is 110 Å². The van der Waals surface area contributed by atoms with Crippen LogP contribution < -0.4 is 11.1 Å². The van der Waals surface area contributed by atoms with Gasteiger partial charge in [0.05, 0.1) is 5.92 Å². The van der Waals surface area contributed by atoms with E-state index in [1.165, 1.54) is 11.8 Å². The van der Waals surface area contributed by atoms with E-state index in [0.29, 0.717) is 32.5 Å². The number of carbonyl (C=O) groups excluding carboxylic acids is 2. The molecule has 1 aliphatic rings. The fraction of sp³-hybridized carbons (Fsp3) is 0.833. The van der Waals surface area contributed by atoms with Gasteiger partial charge in [0.15, 0.2) is 9.84 Å². The quantitative estimate of drug-likeness (QED) is 0.658. The van der Waals surface area contributed by atoms with Crippen LogP contribution in [0.15, 0.2) is 0 Å². The van der Waals surface area contributed by atoms with Crippen LogP contribution in [-0.2, 0) is 19.4 Å². The van der Waals surface area contributed by atoms with E-state index in [-0.39, 0.29) is 18.4 Å². The van der Waals surface area contributed by atoms with Crippen LogP contribution in [0.5, 0.6) is 0 Å². The maximum Gasteiger partial charge on any atom is 0.240 e. The summed E-state index contributed by atoms with van der Waals surface area (Å²) in [6, 6.07) is 0. The second kappa shape index (κ2) is 7.03. The molecule has 2 amide bonds. The lowest BCUT2D eigenvalue weighted by molar-refractivity contribution is -0.135. The summed E-state index contributed by atoms with van der Waals surface area (Å²) in [5, 5.41) is 1.64. The second-order valence-corrected chi connectivity index (χ2v) is 7.54. The van der Waals surface area contributed by atoms with Crippen LogP contribution in [-0.4, -0.2) is 62.8 Å². The summed E-state index contributed by atoms with van der Waals surface area (Å²) < 4.78 is 22.9. The zero-order valence-corrected chi connectivity index (χ0v) is 12.8. The van der Waals surface area contributed by atoms with Gasteiger partial charge >= 0.3 is 0 Å². The predicted octanol–water partition coefficient (Wildman–Crippen LogP) is -1.27. The van der Waals surface area contributed by atoms with Crippen LogP contribution in [0, 0.1) is 5.92 Å². The van der Waals surface area contributed by atoms with Crippen molar-refractivity contribution in [1.82, 2.24) is 10.2 Å². The highest BCUT2D eigenvalue weighted by Gasteiger charge is 2.33. The molecule has 1 heterocycles. The third-order valence-corrected chi connectivity index (χ3v) is 5.02. The molecule has 1 aliphatic heterocycles. The van der Waals surface area contributed by atoms with Crippen LogP contribution >= 0.6 is 0 Å². The van der Waals surface area contributed by atoms with Crippen LogP contribution in [0.3, 0.4) is 0 Å². The van der Waals surface area contributed by atoms with E-state index in [1.54, 1.807) is 0 Å². The first-order valence-corrected chi connectivity index (χ1v) is 8.68. The first-order valence-electron chi connectivity index (χ1n) is 6.72. The lowest BCUT2D eigenvalue weighted by Crippen LogP contribution is -2.49. The summed E-state index contributed by atoms with van der Waals surface area (Å²) >= 11 is 0. The Morgan fingerprint density at radius 2 is 2.10 bits per heavy atom. The number of carbonyl (C=O) groups is 2. The number of sulfone groups is 1. The van der Waals surface area contributed by atoms with Crippen molar-refractivity contribution >= 4 is 21.7 Å². The van der Waals surface area contributed by atoms with Crippen molar-refractivity contribution < 1.29 is 18.0 Å². The molecule has 0 bridgehead atoms. The van der Waals surface area contributed by atoms with Gasteiger partial charge in [-0.2, -0.15) is 0 Å². The van der Waals surface area contributed by atoms with Crippen LogP contribution in [0.1, 0.15) is 19.8 Å². The molecule has 0 spiro atoms. The maximum atomic E-state index is 12.1. The second-order valence-electron chi connectivity index (χ2n) is 5.17. The van der Waals surface area contributed by atoms with Crippen molar-refractivity contribution in [3.8, 4) is 0 Å². The van der Waals surface area contributed by atoms with E-state index < -0.39 is 21.0 Å². The average molecular weight is 305 g/mol. The van der Waals surface area contributed by atoms with Crippen LogP contribution in [0.25, 0.3) is 0 Å². The van der Waals surface area contributed by atoms with Gasteiger partial charge in [-0.05, 0) is 19.8 Å². The fourth-order valence-corrected chi connectivity index (χ4v) is 2.69. The molecule has 8 heteroatoms. The van der Waals surface area contributed by atoms with Crippen molar-refractivity contribution in [3.63, 3.8) is 0 Å². The highest BCUT2D eigenvalue weighted by atomic mass is 32.2. The first-order chi connectivity index (χ1) is 9.27. The smallest absolute Gasteiger partial charge is 0.240 e. The van der Waals surface area contributed by atoms with E-state index in [9.17, 15) is 18.0 Å². The summed E-state index contributed by atoms with van der Waals surface area (Å²) in [6.07, 6.45) is 2.45. The number of piperidine rings is 1. The van der Waals surface area contributed by atoms with Crippen LogP contribution in [0.2, 0.25) is 0 Å². The van der Waals surface area contributed by atoms with Crippen molar-refractivity contribution in [2.45, 2.75) is 25.0 Å². The Hall–Kier alpha value is -1.15. The molecule has 0 aromatic carbocycles. The zero-order valence-electron chi connectivity index (χ0n) is 12.0. The summed E-state index contributed by atoms with van der Waals surface area (Å²) in [5.74, 6) is -0.838. The third kappa shape index (κ3) is 4.45. The molecule has 20 heavy (non-hydrogen) atoms. The lowest BCUT2D eigenvalue weighted by Gasteiger charge is -2.33. The molecule has 116 valence electrons. The molecule has 3 N–H and O–H groups in total. The van der Waals surface area contributed by atoms with E-state index in [1.807, 2.05) is 0 Å². The van der Waals surface area contributed by atoms with Gasteiger partial charge < -0.3 is 16.0 Å². The van der Waals surface area contributed by atoms with Gasteiger partial charge in [-0.3, -0.25) is 9.59 Å². The third-order valence-electron chi connectivity index (χ3n) is 3.54. The molecule has 1 saturated heterocycles. The summed E-state index contributed by atoms with van der Waals surface area (Å²) in [4.78, 5) is 25.5. The Morgan fingerprint density at radius 3 is 2.65 bits per heavy atom. The van der Waals surface area contributed by atoms with Gasteiger partial charge in [0.2, 0.25) is 11.8 Å². The van der Waals surface area contributed by atoms with Gasteiger partial charge in [0, 0.05) is 32.4 Å². The molecular weight excluding hydrogens is 282 g/mol. The molecule has 7 nitrogen and oxygen atoms in total. The minimum Gasteiger partial charge on any atom is -0.355 e. The Morgan fingerprint density at radius 1 is 1.45 bits per heavy atom. The normalized spacial score (nSPS) is 21.4. The molecule has 0 aliphatic carbocycles. The number of hydrogen-bond acceptors (Lipinski definition) is 5. The minimum atomic E-state index is -3.41. The van der Waals surface area contributed by atoms with Gasteiger partial charge in [0.1, 0.15) is 5.25 Å². The van der Waals surface area contributed by atoms with E-state index in [2.05, 4.69) is 5.32 Å².